The second-order valence-corrected chi connectivity index (χ2v) is 8.58. The SMILES string of the molecule is O=S(=O)(O)c1c2ccccc2cc2c(-c3ccccc3)c(-c3ccccc3)ccc12. The van der Waals surface area contributed by atoms with Gasteiger partial charge in [-0.2, -0.15) is 8.42 Å². The first-order valence-corrected chi connectivity index (χ1v) is 11.0. The van der Waals surface area contributed by atoms with Gasteiger partial charge in [-0.15, -0.1) is 0 Å². The summed E-state index contributed by atoms with van der Waals surface area (Å²) >= 11 is 0. The number of fused-ring (bicyclic) bond motifs is 2. The molecule has 0 aliphatic carbocycles. The Morgan fingerprint density at radius 2 is 1.17 bits per heavy atom. The van der Waals surface area contributed by atoms with Crippen LogP contribution in [0.4, 0.5) is 0 Å². The summed E-state index contributed by atoms with van der Waals surface area (Å²) in [5.41, 5.74) is 3.97. The lowest BCUT2D eigenvalue weighted by Crippen LogP contribution is -2.01. The number of benzene rings is 5. The fourth-order valence-electron chi connectivity index (χ4n) is 4.15. The number of hydrogen-bond acceptors (Lipinski definition) is 2. The lowest BCUT2D eigenvalue weighted by atomic mass is 9.88. The summed E-state index contributed by atoms with van der Waals surface area (Å²) in [7, 11) is -4.43. The van der Waals surface area contributed by atoms with Crippen molar-refractivity contribution in [3.8, 4) is 22.3 Å². The van der Waals surface area contributed by atoms with Crippen molar-refractivity contribution in [2.24, 2.45) is 0 Å². The van der Waals surface area contributed by atoms with Gasteiger partial charge >= 0.3 is 0 Å². The summed E-state index contributed by atoms with van der Waals surface area (Å²) in [4.78, 5) is -0.0487. The van der Waals surface area contributed by atoms with Crippen LogP contribution in [0.25, 0.3) is 43.8 Å². The molecule has 0 aliphatic heterocycles. The van der Waals surface area contributed by atoms with E-state index in [9.17, 15) is 13.0 Å². The van der Waals surface area contributed by atoms with Gasteiger partial charge in [0, 0.05) is 10.8 Å². The topological polar surface area (TPSA) is 54.4 Å². The van der Waals surface area contributed by atoms with Crippen LogP contribution in [-0.4, -0.2) is 13.0 Å². The number of hydrogen-bond donors (Lipinski definition) is 1. The van der Waals surface area contributed by atoms with E-state index in [4.69, 9.17) is 0 Å². The zero-order chi connectivity index (χ0) is 20.7. The van der Waals surface area contributed by atoms with Gasteiger partial charge in [-0.25, -0.2) is 0 Å². The van der Waals surface area contributed by atoms with Gasteiger partial charge < -0.3 is 0 Å². The molecule has 0 radical (unpaired) electrons. The summed E-state index contributed by atoms with van der Waals surface area (Å²) in [5, 5.41) is 2.57. The Hall–Kier alpha value is -3.47. The monoisotopic (exact) mass is 410 g/mol. The van der Waals surface area contributed by atoms with Crippen LogP contribution in [0, 0.1) is 0 Å². The second-order valence-electron chi connectivity index (χ2n) is 7.22. The third kappa shape index (κ3) is 3.07. The molecule has 0 fully saturated rings. The molecule has 5 rings (SSSR count). The lowest BCUT2D eigenvalue weighted by Gasteiger charge is -2.17. The zero-order valence-electron chi connectivity index (χ0n) is 16.0. The quantitative estimate of drug-likeness (QED) is 0.270. The molecule has 30 heavy (non-hydrogen) atoms. The van der Waals surface area contributed by atoms with Crippen molar-refractivity contribution in [3.63, 3.8) is 0 Å². The fraction of sp³-hybridized carbons (Fsp3) is 0. The van der Waals surface area contributed by atoms with Gasteiger partial charge in [-0.3, -0.25) is 4.55 Å². The third-order valence-electron chi connectivity index (χ3n) is 5.40. The molecule has 0 saturated heterocycles. The van der Waals surface area contributed by atoms with Crippen molar-refractivity contribution in [1.82, 2.24) is 0 Å². The summed E-state index contributed by atoms with van der Waals surface area (Å²) in [6, 6.07) is 32.9. The molecule has 5 aromatic carbocycles. The molecule has 0 unspecified atom stereocenters. The lowest BCUT2D eigenvalue weighted by molar-refractivity contribution is 0.485. The molecule has 0 aromatic heterocycles. The minimum absolute atomic E-state index is 0.0487. The van der Waals surface area contributed by atoms with E-state index < -0.39 is 10.1 Å². The van der Waals surface area contributed by atoms with Crippen LogP contribution >= 0.6 is 0 Å². The molecular weight excluding hydrogens is 392 g/mol. The standard InChI is InChI=1S/C26H18O3S/c27-30(28,29)26-22-14-8-7-13-20(22)17-24-23(26)16-15-21(18-9-3-1-4-10-18)25(24)19-11-5-2-6-12-19/h1-17H,(H,27,28,29). The Bertz CT molecular complexity index is 1490. The molecule has 1 N–H and O–H groups in total. The average molecular weight is 410 g/mol. The van der Waals surface area contributed by atoms with Gasteiger partial charge in [0.2, 0.25) is 0 Å². The van der Waals surface area contributed by atoms with E-state index >= 15 is 0 Å². The molecule has 4 heteroatoms. The number of rotatable bonds is 3. The maximum atomic E-state index is 12.4. The van der Waals surface area contributed by atoms with Crippen LogP contribution in [0.3, 0.4) is 0 Å². The molecule has 0 spiro atoms. The van der Waals surface area contributed by atoms with Crippen LogP contribution in [0.15, 0.2) is 108 Å². The summed E-state index contributed by atoms with van der Waals surface area (Å²) in [6.45, 7) is 0. The van der Waals surface area contributed by atoms with Crippen molar-refractivity contribution < 1.29 is 13.0 Å². The molecule has 0 amide bonds. The van der Waals surface area contributed by atoms with Crippen LogP contribution < -0.4 is 0 Å². The van der Waals surface area contributed by atoms with Gasteiger partial charge in [-0.1, -0.05) is 97.1 Å². The van der Waals surface area contributed by atoms with Crippen molar-refractivity contribution in [2.45, 2.75) is 4.90 Å². The second kappa shape index (κ2) is 7.10. The zero-order valence-corrected chi connectivity index (χ0v) is 16.8. The molecule has 0 heterocycles. The predicted octanol–water partition coefficient (Wildman–Crippen LogP) is 6.57. The normalized spacial score (nSPS) is 11.8. The van der Waals surface area contributed by atoms with E-state index in [-0.39, 0.29) is 4.90 Å². The first-order valence-electron chi connectivity index (χ1n) is 9.61. The van der Waals surface area contributed by atoms with Crippen molar-refractivity contribution in [2.75, 3.05) is 0 Å². The van der Waals surface area contributed by atoms with Gasteiger partial charge in [0.1, 0.15) is 4.90 Å². The van der Waals surface area contributed by atoms with E-state index in [0.29, 0.717) is 10.8 Å². The molecule has 5 aromatic rings. The van der Waals surface area contributed by atoms with Gasteiger partial charge in [-0.05, 0) is 39.1 Å². The van der Waals surface area contributed by atoms with E-state index in [2.05, 4.69) is 0 Å². The third-order valence-corrected chi connectivity index (χ3v) is 6.36. The average Bonchev–Trinajstić information content (AvgIpc) is 2.77. The largest absolute Gasteiger partial charge is 0.295 e. The summed E-state index contributed by atoms with van der Waals surface area (Å²) in [6.07, 6.45) is 0. The van der Waals surface area contributed by atoms with Crippen molar-refractivity contribution in [3.05, 3.63) is 103 Å². The Labute approximate surface area is 175 Å². The first kappa shape index (κ1) is 18.6. The van der Waals surface area contributed by atoms with Gasteiger partial charge in [0.25, 0.3) is 10.1 Å². The van der Waals surface area contributed by atoms with E-state index in [1.807, 2.05) is 84.9 Å². The Balaban J connectivity index is 2.02. The first-order chi connectivity index (χ1) is 14.5. The molecular formula is C26H18O3S. The minimum Gasteiger partial charge on any atom is -0.282 e. The molecule has 146 valence electrons. The highest BCUT2D eigenvalue weighted by Gasteiger charge is 2.22. The highest BCUT2D eigenvalue weighted by molar-refractivity contribution is 7.86. The molecule has 3 nitrogen and oxygen atoms in total. The highest BCUT2D eigenvalue weighted by atomic mass is 32.2. The van der Waals surface area contributed by atoms with E-state index in [0.717, 1.165) is 33.0 Å². The van der Waals surface area contributed by atoms with Crippen molar-refractivity contribution >= 4 is 31.7 Å². The Kier molecular flexibility index (Phi) is 4.39. The summed E-state index contributed by atoms with van der Waals surface area (Å²) in [5.74, 6) is 0. The van der Waals surface area contributed by atoms with E-state index in [1.165, 1.54) is 0 Å². The highest BCUT2D eigenvalue weighted by Crippen LogP contribution is 2.42. The fourth-order valence-corrected chi connectivity index (χ4v) is 5.07. The Morgan fingerprint density at radius 3 is 1.83 bits per heavy atom. The van der Waals surface area contributed by atoms with Crippen molar-refractivity contribution in [1.29, 1.82) is 0 Å². The molecule has 0 bridgehead atoms. The summed E-state index contributed by atoms with van der Waals surface area (Å²) < 4.78 is 34.9. The van der Waals surface area contributed by atoms with Gasteiger partial charge in [0.05, 0.1) is 0 Å². The molecule has 0 atom stereocenters. The van der Waals surface area contributed by atoms with Gasteiger partial charge in [0.15, 0.2) is 0 Å². The maximum Gasteiger partial charge on any atom is 0.295 e. The maximum absolute atomic E-state index is 12.4. The Morgan fingerprint density at radius 1 is 0.567 bits per heavy atom. The van der Waals surface area contributed by atoms with E-state index in [1.54, 1.807) is 18.2 Å². The van der Waals surface area contributed by atoms with Crippen LogP contribution in [0.2, 0.25) is 0 Å². The van der Waals surface area contributed by atoms with Crippen LogP contribution in [0.5, 0.6) is 0 Å². The molecule has 0 aliphatic rings. The van der Waals surface area contributed by atoms with Crippen LogP contribution in [-0.2, 0) is 10.1 Å². The predicted molar refractivity (Wildman–Crippen MR) is 122 cm³/mol. The minimum atomic E-state index is -4.43. The van der Waals surface area contributed by atoms with Crippen LogP contribution in [0.1, 0.15) is 0 Å². The smallest absolute Gasteiger partial charge is 0.282 e. The molecule has 0 saturated carbocycles.